The lowest BCUT2D eigenvalue weighted by molar-refractivity contribution is -0.112. The molecule has 1 amide bonds. The number of halogens is 1. The highest BCUT2D eigenvalue weighted by atomic mass is 35.5. The Bertz CT molecular complexity index is 868. The standard InChI is InChI=1S/C19H18ClN5O/c1-13-2-5-15(6-3-13)24-19(26)16(10-21)18-22-8-9-25(18)12-14-4-7-17(20)23-11-14/h2-7,11,22H,8-9,12H2,1H3,(H,24,26)/b18-16+. The van der Waals surface area contributed by atoms with Gasteiger partial charge in [0.25, 0.3) is 5.91 Å². The molecule has 0 aliphatic carbocycles. The number of carbonyl (C=O) groups is 1. The van der Waals surface area contributed by atoms with E-state index in [9.17, 15) is 10.1 Å². The van der Waals surface area contributed by atoms with Gasteiger partial charge >= 0.3 is 0 Å². The summed E-state index contributed by atoms with van der Waals surface area (Å²) in [7, 11) is 0. The van der Waals surface area contributed by atoms with Gasteiger partial charge in [-0.3, -0.25) is 4.79 Å². The molecule has 2 N–H and O–H groups in total. The second-order valence-electron chi connectivity index (χ2n) is 5.99. The first-order chi connectivity index (χ1) is 12.6. The summed E-state index contributed by atoms with van der Waals surface area (Å²) in [6.07, 6.45) is 1.69. The largest absolute Gasteiger partial charge is 0.369 e. The lowest BCUT2D eigenvalue weighted by Gasteiger charge is -2.20. The third-order valence-corrected chi connectivity index (χ3v) is 4.26. The highest BCUT2D eigenvalue weighted by Gasteiger charge is 2.25. The number of aromatic nitrogens is 1. The molecule has 6 nitrogen and oxygen atoms in total. The van der Waals surface area contributed by atoms with Crippen molar-refractivity contribution in [1.82, 2.24) is 15.2 Å². The van der Waals surface area contributed by atoms with Gasteiger partial charge in [0, 0.05) is 31.5 Å². The Kier molecular flexibility index (Phi) is 5.40. The minimum absolute atomic E-state index is 0.0602. The number of benzene rings is 1. The lowest BCUT2D eigenvalue weighted by Crippen LogP contribution is -2.26. The van der Waals surface area contributed by atoms with Crippen LogP contribution in [0.15, 0.2) is 54.0 Å². The van der Waals surface area contributed by atoms with Crippen LogP contribution in [0.1, 0.15) is 11.1 Å². The molecule has 1 aliphatic heterocycles. The minimum Gasteiger partial charge on any atom is -0.369 e. The summed E-state index contributed by atoms with van der Waals surface area (Å²) in [6.45, 7) is 3.87. The number of hydrogen-bond donors (Lipinski definition) is 2. The number of nitrogens with one attached hydrogen (secondary N) is 2. The van der Waals surface area contributed by atoms with Crippen LogP contribution in [-0.4, -0.2) is 28.9 Å². The molecule has 1 aromatic heterocycles. The lowest BCUT2D eigenvalue weighted by atomic mass is 10.2. The molecule has 26 heavy (non-hydrogen) atoms. The zero-order valence-electron chi connectivity index (χ0n) is 14.3. The van der Waals surface area contributed by atoms with E-state index in [4.69, 9.17) is 11.6 Å². The molecule has 2 aromatic rings. The van der Waals surface area contributed by atoms with E-state index >= 15 is 0 Å². The molecular formula is C19H18ClN5O. The zero-order chi connectivity index (χ0) is 18.5. The molecule has 0 atom stereocenters. The Hall–Kier alpha value is -3.04. The average Bonchev–Trinajstić information content (AvgIpc) is 3.07. The van der Waals surface area contributed by atoms with Crippen LogP contribution in [0, 0.1) is 18.3 Å². The van der Waals surface area contributed by atoms with Crippen molar-refractivity contribution in [1.29, 1.82) is 5.26 Å². The fourth-order valence-corrected chi connectivity index (χ4v) is 2.81. The molecule has 7 heteroatoms. The highest BCUT2D eigenvalue weighted by Crippen LogP contribution is 2.18. The van der Waals surface area contributed by atoms with E-state index in [1.165, 1.54) is 0 Å². The Labute approximate surface area is 157 Å². The Balaban J connectivity index is 1.79. The number of nitriles is 1. The quantitative estimate of drug-likeness (QED) is 0.493. The fraction of sp³-hybridized carbons (Fsp3) is 0.211. The van der Waals surface area contributed by atoms with Gasteiger partial charge in [0.05, 0.1) is 0 Å². The van der Waals surface area contributed by atoms with E-state index in [-0.39, 0.29) is 5.57 Å². The smallest absolute Gasteiger partial charge is 0.270 e. The normalized spacial score (nSPS) is 15.2. The van der Waals surface area contributed by atoms with Crippen LogP contribution in [0.3, 0.4) is 0 Å². The van der Waals surface area contributed by atoms with Crippen molar-refractivity contribution in [2.45, 2.75) is 13.5 Å². The number of anilines is 1. The molecule has 0 saturated carbocycles. The summed E-state index contributed by atoms with van der Waals surface area (Å²) in [4.78, 5) is 18.6. The number of nitrogens with zero attached hydrogens (tertiary/aromatic N) is 3. The number of carbonyl (C=O) groups excluding carboxylic acids is 1. The van der Waals surface area contributed by atoms with Gasteiger partial charge in [0.2, 0.25) is 0 Å². The van der Waals surface area contributed by atoms with E-state index in [0.29, 0.717) is 36.3 Å². The highest BCUT2D eigenvalue weighted by molar-refractivity contribution is 6.29. The number of hydrogen-bond acceptors (Lipinski definition) is 5. The van der Waals surface area contributed by atoms with Gasteiger partial charge in [-0.15, -0.1) is 0 Å². The molecule has 0 bridgehead atoms. The van der Waals surface area contributed by atoms with E-state index in [2.05, 4.69) is 15.6 Å². The molecule has 3 rings (SSSR count). The molecule has 1 saturated heterocycles. The van der Waals surface area contributed by atoms with Crippen molar-refractivity contribution in [2.75, 3.05) is 18.4 Å². The van der Waals surface area contributed by atoms with Crippen LogP contribution >= 0.6 is 11.6 Å². The molecule has 1 aromatic carbocycles. The van der Waals surface area contributed by atoms with Crippen LogP contribution in [0.5, 0.6) is 0 Å². The van der Waals surface area contributed by atoms with Gasteiger partial charge in [0.1, 0.15) is 17.0 Å². The predicted molar refractivity (Wildman–Crippen MR) is 100 cm³/mol. The predicted octanol–water partition coefficient (Wildman–Crippen LogP) is 2.82. The van der Waals surface area contributed by atoms with Crippen molar-refractivity contribution >= 4 is 23.2 Å². The third-order valence-electron chi connectivity index (χ3n) is 4.04. The van der Waals surface area contributed by atoms with Gasteiger partial charge < -0.3 is 15.5 Å². The number of amides is 1. The van der Waals surface area contributed by atoms with Crippen LogP contribution in [0.4, 0.5) is 5.69 Å². The van der Waals surface area contributed by atoms with Crippen molar-refractivity contribution in [3.05, 3.63) is 70.3 Å². The van der Waals surface area contributed by atoms with Gasteiger partial charge in [0.15, 0.2) is 5.57 Å². The topological polar surface area (TPSA) is 81.0 Å². The van der Waals surface area contributed by atoms with E-state index in [1.54, 1.807) is 12.3 Å². The first kappa shape index (κ1) is 17.8. The average molecular weight is 368 g/mol. The number of rotatable bonds is 4. The van der Waals surface area contributed by atoms with Crippen LogP contribution in [0.25, 0.3) is 0 Å². The Morgan fingerprint density at radius 1 is 1.35 bits per heavy atom. The number of pyridine rings is 1. The van der Waals surface area contributed by atoms with E-state index in [0.717, 1.165) is 11.1 Å². The molecular weight excluding hydrogens is 350 g/mol. The molecule has 1 aliphatic rings. The first-order valence-electron chi connectivity index (χ1n) is 8.18. The fourth-order valence-electron chi connectivity index (χ4n) is 2.70. The van der Waals surface area contributed by atoms with Gasteiger partial charge in [-0.2, -0.15) is 5.26 Å². The van der Waals surface area contributed by atoms with Gasteiger partial charge in [-0.05, 0) is 30.7 Å². The monoisotopic (exact) mass is 367 g/mol. The third kappa shape index (κ3) is 4.13. The summed E-state index contributed by atoms with van der Waals surface area (Å²) >= 11 is 5.82. The molecule has 1 fully saturated rings. The first-order valence-corrected chi connectivity index (χ1v) is 8.56. The summed E-state index contributed by atoms with van der Waals surface area (Å²) in [6, 6.07) is 13.1. The summed E-state index contributed by atoms with van der Waals surface area (Å²) < 4.78 is 0. The van der Waals surface area contributed by atoms with E-state index < -0.39 is 5.91 Å². The van der Waals surface area contributed by atoms with Gasteiger partial charge in [-0.1, -0.05) is 35.4 Å². The summed E-state index contributed by atoms with van der Waals surface area (Å²) in [5.41, 5.74) is 2.76. The molecule has 0 spiro atoms. The SMILES string of the molecule is Cc1ccc(NC(=O)/C(C#N)=C2\NCCN2Cc2ccc(Cl)nc2)cc1. The van der Waals surface area contributed by atoms with Crippen molar-refractivity contribution in [3.63, 3.8) is 0 Å². The number of aryl methyl sites for hydroxylation is 1. The van der Waals surface area contributed by atoms with Gasteiger partial charge in [-0.25, -0.2) is 4.98 Å². The Morgan fingerprint density at radius 2 is 2.12 bits per heavy atom. The summed E-state index contributed by atoms with van der Waals surface area (Å²) in [5.74, 6) is 0.104. The molecule has 0 radical (unpaired) electrons. The second-order valence-corrected chi connectivity index (χ2v) is 6.38. The molecule has 132 valence electrons. The van der Waals surface area contributed by atoms with E-state index in [1.807, 2.05) is 48.2 Å². The van der Waals surface area contributed by atoms with Crippen LogP contribution in [-0.2, 0) is 11.3 Å². The second kappa shape index (κ2) is 7.89. The maximum atomic E-state index is 12.6. The van der Waals surface area contributed by atoms with Crippen LogP contribution < -0.4 is 10.6 Å². The van der Waals surface area contributed by atoms with Crippen molar-refractivity contribution in [3.8, 4) is 6.07 Å². The zero-order valence-corrected chi connectivity index (χ0v) is 15.0. The van der Waals surface area contributed by atoms with Crippen LogP contribution in [0.2, 0.25) is 5.15 Å². The van der Waals surface area contributed by atoms with Crippen molar-refractivity contribution in [2.24, 2.45) is 0 Å². The van der Waals surface area contributed by atoms with Crippen molar-refractivity contribution < 1.29 is 4.79 Å². The maximum absolute atomic E-state index is 12.6. The molecule has 2 heterocycles. The Morgan fingerprint density at radius 3 is 2.77 bits per heavy atom. The molecule has 0 unspecified atom stereocenters. The minimum atomic E-state index is -0.431. The maximum Gasteiger partial charge on any atom is 0.270 e. The summed E-state index contributed by atoms with van der Waals surface area (Å²) in [5, 5.41) is 15.9.